The highest BCUT2D eigenvalue weighted by Gasteiger charge is 2.18. The molecule has 1 N–H and O–H groups in total. The molecule has 1 aromatic heterocycles. The number of halogens is 1. The van der Waals surface area contributed by atoms with Crippen molar-refractivity contribution < 1.29 is 9.53 Å². The van der Waals surface area contributed by atoms with Gasteiger partial charge < -0.3 is 10.1 Å². The minimum atomic E-state index is -0.602. The van der Waals surface area contributed by atoms with E-state index in [4.69, 9.17) is 16.3 Å². The smallest absolute Gasteiger partial charge is 0.280 e. The van der Waals surface area contributed by atoms with Crippen LogP contribution in [0.4, 0.5) is 5.69 Å². The monoisotopic (exact) mass is 357 g/mol. The fourth-order valence-corrected chi connectivity index (χ4v) is 2.70. The molecule has 0 saturated heterocycles. The van der Waals surface area contributed by atoms with Crippen molar-refractivity contribution in [3.8, 4) is 5.75 Å². The predicted molar refractivity (Wildman–Crippen MR) is 97.6 cm³/mol. The second-order valence-electron chi connectivity index (χ2n) is 5.35. The van der Waals surface area contributed by atoms with E-state index in [2.05, 4.69) is 10.4 Å². The van der Waals surface area contributed by atoms with Gasteiger partial charge in [0.2, 0.25) is 5.43 Å². The number of carbonyl (C=O) groups is 1. The molecule has 0 saturated carbocycles. The summed E-state index contributed by atoms with van der Waals surface area (Å²) < 4.78 is 6.96. The van der Waals surface area contributed by atoms with Crippen molar-refractivity contribution >= 4 is 34.1 Å². The van der Waals surface area contributed by atoms with Gasteiger partial charge in [-0.15, -0.1) is 0 Å². The third-order valence-electron chi connectivity index (χ3n) is 3.67. The maximum absolute atomic E-state index is 12.6. The molecular weight excluding hydrogens is 342 g/mol. The van der Waals surface area contributed by atoms with E-state index in [9.17, 15) is 9.59 Å². The molecule has 0 radical (unpaired) electrons. The van der Waals surface area contributed by atoms with Crippen LogP contribution in [0.25, 0.3) is 10.9 Å². The van der Waals surface area contributed by atoms with Gasteiger partial charge in [0.05, 0.1) is 23.2 Å². The molecule has 1 heterocycles. The lowest BCUT2D eigenvalue weighted by molar-refractivity contribution is 0.101. The number of amides is 1. The number of carbonyl (C=O) groups excluding carboxylic acids is 1. The van der Waals surface area contributed by atoms with Crippen molar-refractivity contribution in [2.45, 2.75) is 6.92 Å². The zero-order chi connectivity index (χ0) is 18.0. The van der Waals surface area contributed by atoms with Gasteiger partial charge in [0.1, 0.15) is 5.75 Å². The van der Waals surface area contributed by atoms with Crippen LogP contribution in [0, 0.1) is 0 Å². The number of hydrogen-bond donors (Lipinski definition) is 1. The minimum absolute atomic E-state index is 0.205. The molecule has 25 heavy (non-hydrogen) atoms. The van der Waals surface area contributed by atoms with Crippen molar-refractivity contribution in [2.24, 2.45) is 7.05 Å². The van der Waals surface area contributed by atoms with Gasteiger partial charge in [0.15, 0.2) is 5.69 Å². The molecule has 0 bridgehead atoms. The fourth-order valence-electron chi connectivity index (χ4n) is 2.53. The summed E-state index contributed by atoms with van der Waals surface area (Å²) in [5, 5.41) is 7.56. The molecule has 0 aliphatic rings. The quantitative estimate of drug-likeness (QED) is 0.778. The number of ether oxygens (including phenoxy) is 1. The highest BCUT2D eigenvalue weighted by Crippen LogP contribution is 2.24. The van der Waals surface area contributed by atoms with Crippen LogP contribution in [-0.4, -0.2) is 22.3 Å². The number of aryl methyl sites for hydroxylation is 1. The Hall–Kier alpha value is -2.86. The number of rotatable bonds is 4. The summed E-state index contributed by atoms with van der Waals surface area (Å²) in [6.45, 7) is 2.31. The summed E-state index contributed by atoms with van der Waals surface area (Å²) in [6.07, 6.45) is 0. The lowest BCUT2D eigenvalue weighted by atomic mass is 10.2. The summed E-state index contributed by atoms with van der Waals surface area (Å²) in [5.41, 5.74) is 0.399. The van der Waals surface area contributed by atoms with Crippen LogP contribution in [-0.2, 0) is 7.05 Å². The zero-order valence-electron chi connectivity index (χ0n) is 13.7. The van der Waals surface area contributed by atoms with E-state index in [0.717, 1.165) is 0 Å². The number of aromatic nitrogens is 2. The van der Waals surface area contributed by atoms with E-state index in [1.165, 1.54) is 10.7 Å². The molecule has 0 aliphatic carbocycles. The van der Waals surface area contributed by atoms with Gasteiger partial charge in [-0.1, -0.05) is 23.7 Å². The predicted octanol–water partition coefficient (Wildman–Crippen LogP) is 3.24. The average molecular weight is 358 g/mol. The number of benzene rings is 2. The van der Waals surface area contributed by atoms with Crippen LogP contribution in [0.15, 0.2) is 47.3 Å². The first-order chi connectivity index (χ1) is 12.0. The highest BCUT2D eigenvalue weighted by molar-refractivity contribution is 6.31. The molecule has 3 aromatic rings. The molecular formula is C18H16ClN3O3. The van der Waals surface area contributed by atoms with E-state index in [0.29, 0.717) is 34.0 Å². The standard InChI is InChI=1S/C18H16ClN3O3/c1-3-25-15-7-5-4-6-13(15)20-18(24)16-17(23)12-10-11(19)8-9-14(12)22(2)21-16/h4-10H,3H2,1-2H3,(H,20,24). The summed E-state index contributed by atoms with van der Waals surface area (Å²) in [5.74, 6) is -0.0753. The van der Waals surface area contributed by atoms with Crippen LogP contribution < -0.4 is 15.5 Å². The van der Waals surface area contributed by atoms with Crippen LogP contribution in [0.3, 0.4) is 0 Å². The van der Waals surface area contributed by atoms with Crippen LogP contribution in [0.1, 0.15) is 17.4 Å². The van der Waals surface area contributed by atoms with Crippen molar-refractivity contribution in [1.82, 2.24) is 9.78 Å². The first-order valence-electron chi connectivity index (χ1n) is 7.71. The topological polar surface area (TPSA) is 73.2 Å². The SMILES string of the molecule is CCOc1ccccc1NC(=O)c1nn(C)c2ccc(Cl)cc2c1=O. The molecule has 7 heteroatoms. The Morgan fingerprint density at radius 3 is 2.80 bits per heavy atom. The second-order valence-corrected chi connectivity index (χ2v) is 5.78. The van der Waals surface area contributed by atoms with Crippen LogP contribution in [0.2, 0.25) is 5.02 Å². The lowest BCUT2D eigenvalue weighted by Gasteiger charge is -2.12. The zero-order valence-corrected chi connectivity index (χ0v) is 14.5. The van der Waals surface area contributed by atoms with Crippen molar-refractivity contribution in [3.05, 3.63) is 63.4 Å². The first-order valence-corrected chi connectivity index (χ1v) is 8.08. The molecule has 0 spiro atoms. The molecule has 2 aromatic carbocycles. The number of nitrogens with zero attached hydrogens (tertiary/aromatic N) is 2. The van der Waals surface area contributed by atoms with Gasteiger partial charge in [-0.2, -0.15) is 5.10 Å². The van der Waals surface area contributed by atoms with E-state index < -0.39 is 11.3 Å². The molecule has 0 fully saturated rings. The van der Waals surface area contributed by atoms with E-state index in [-0.39, 0.29) is 5.69 Å². The fraction of sp³-hybridized carbons (Fsp3) is 0.167. The third kappa shape index (κ3) is 3.34. The van der Waals surface area contributed by atoms with Gasteiger partial charge in [-0.05, 0) is 37.3 Å². The molecule has 0 atom stereocenters. The van der Waals surface area contributed by atoms with Gasteiger partial charge in [-0.3, -0.25) is 14.3 Å². The van der Waals surface area contributed by atoms with Gasteiger partial charge >= 0.3 is 0 Å². The highest BCUT2D eigenvalue weighted by atomic mass is 35.5. The largest absolute Gasteiger partial charge is 0.492 e. The number of anilines is 1. The average Bonchev–Trinajstić information content (AvgIpc) is 2.60. The molecule has 1 amide bonds. The Bertz CT molecular complexity index is 1010. The molecule has 128 valence electrons. The number of para-hydroxylation sites is 2. The summed E-state index contributed by atoms with van der Waals surface area (Å²) >= 11 is 5.97. The summed E-state index contributed by atoms with van der Waals surface area (Å²) in [4.78, 5) is 25.2. The Kier molecular flexibility index (Phi) is 4.72. The normalized spacial score (nSPS) is 10.7. The molecule has 3 rings (SSSR count). The van der Waals surface area contributed by atoms with Gasteiger partial charge in [-0.25, -0.2) is 0 Å². The van der Waals surface area contributed by atoms with E-state index >= 15 is 0 Å². The van der Waals surface area contributed by atoms with E-state index in [1.54, 1.807) is 43.4 Å². The van der Waals surface area contributed by atoms with Crippen LogP contribution in [0.5, 0.6) is 5.75 Å². The maximum atomic E-state index is 12.6. The first kappa shape index (κ1) is 17.0. The minimum Gasteiger partial charge on any atom is -0.492 e. The van der Waals surface area contributed by atoms with Crippen molar-refractivity contribution in [1.29, 1.82) is 0 Å². The summed E-state index contributed by atoms with van der Waals surface area (Å²) in [6, 6.07) is 11.9. The Balaban J connectivity index is 2.04. The van der Waals surface area contributed by atoms with Gasteiger partial charge in [0.25, 0.3) is 5.91 Å². The number of hydrogen-bond acceptors (Lipinski definition) is 4. The number of fused-ring (bicyclic) bond motifs is 1. The van der Waals surface area contributed by atoms with Crippen LogP contribution >= 0.6 is 11.6 Å². The van der Waals surface area contributed by atoms with E-state index in [1.807, 2.05) is 6.92 Å². The Morgan fingerprint density at radius 1 is 1.28 bits per heavy atom. The van der Waals surface area contributed by atoms with Crippen molar-refractivity contribution in [2.75, 3.05) is 11.9 Å². The Morgan fingerprint density at radius 2 is 2.04 bits per heavy atom. The maximum Gasteiger partial charge on any atom is 0.280 e. The summed E-state index contributed by atoms with van der Waals surface area (Å²) in [7, 11) is 1.67. The second kappa shape index (κ2) is 6.94. The van der Waals surface area contributed by atoms with Gasteiger partial charge in [0, 0.05) is 12.1 Å². The number of nitrogens with one attached hydrogen (secondary N) is 1. The molecule has 0 aliphatic heterocycles. The molecule has 6 nitrogen and oxygen atoms in total. The third-order valence-corrected chi connectivity index (χ3v) is 3.90. The van der Waals surface area contributed by atoms with Crippen molar-refractivity contribution in [3.63, 3.8) is 0 Å². The lowest BCUT2D eigenvalue weighted by Crippen LogP contribution is -2.26. The molecule has 0 unspecified atom stereocenters. The Labute approximate surface area is 149 Å².